The normalized spacial score (nSPS) is 10.5. The number of nitrogens with one attached hydrogen (secondary N) is 1. The number of rotatable bonds is 9. The van der Waals surface area contributed by atoms with Gasteiger partial charge >= 0.3 is 5.97 Å². The molecule has 0 radical (unpaired) electrons. The molecular weight excluding hydrogens is 394 g/mol. The quantitative estimate of drug-likeness (QED) is 0.412. The van der Waals surface area contributed by atoms with Gasteiger partial charge in [-0.3, -0.25) is 4.79 Å². The second-order valence-corrected chi connectivity index (χ2v) is 6.94. The van der Waals surface area contributed by atoms with Crippen molar-refractivity contribution in [3.8, 4) is 22.7 Å². The van der Waals surface area contributed by atoms with Crippen molar-refractivity contribution in [2.24, 2.45) is 0 Å². The molecule has 3 rings (SSSR count). The van der Waals surface area contributed by atoms with Crippen molar-refractivity contribution in [2.45, 2.75) is 26.7 Å². The van der Waals surface area contributed by atoms with Gasteiger partial charge in [0.05, 0.1) is 25.1 Å². The third-order valence-corrected chi connectivity index (χ3v) is 4.75. The number of amides is 1. The van der Waals surface area contributed by atoms with E-state index in [-0.39, 0.29) is 18.2 Å². The first-order chi connectivity index (χ1) is 15.1. The molecule has 1 aromatic heterocycles. The molecule has 0 aliphatic heterocycles. The Hall–Kier alpha value is -3.61. The molecular formula is C24H27N3O4. The first-order valence-corrected chi connectivity index (χ1v) is 10.4. The van der Waals surface area contributed by atoms with Gasteiger partial charge in [-0.05, 0) is 55.8 Å². The molecule has 7 nitrogen and oxygen atoms in total. The van der Waals surface area contributed by atoms with Crippen LogP contribution >= 0.6 is 0 Å². The van der Waals surface area contributed by atoms with E-state index < -0.39 is 5.97 Å². The van der Waals surface area contributed by atoms with E-state index in [4.69, 9.17) is 9.47 Å². The standard InChI is InChI=1S/C24H27N3O4/c1-4-6-14-25-23(28)17-10-12-19(13-11-17)27-22(16-21(26-27)24(29)31-5-2)18-8-7-9-20(15-18)30-3/h7-13,15-16H,4-6,14H2,1-3H3,(H,25,28). The molecule has 0 fully saturated rings. The SMILES string of the molecule is CCCCNC(=O)c1ccc(-n2nc(C(=O)OCC)cc2-c2cccc(OC)c2)cc1. The lowest BCUT2D eigenvalue weighted by Gasteiger charge is -2.10. The zero-order valence-electron chi connectivity index (χ0n) is 18.1. The summed E-state index contributed by atoms with van der Waals surface area (Å²) >= 11 is 0. The van der Waals surface area contributed by atoms with Crippen molar-refractivity contribution in [1.82, 2.24) is 15.1 Å². The number of ether oxygens (including phenoxy) is 2. The maximum absolute atomic E-state index is 12.3. The number of benzene rings is 2. The molecule has 0 saturated heterocycles. The van der Waals surface area contributed by atoms with E-state index in [1.54, 1.807) is 49.0 Å². The van der Waals surface area contributed by atoms with E-state index in [9.17, 15) is 9.59 Å². The maximum Gasteiger partial charge on any atom is 0.358 e. The summed E-state index contributed by atoms with van der Waals surface area (Å²) in [5, 5.41) is 7.37. The number of nitrogens with zero attached hydrogens (tertiary/aromatic N) is 2. The largest absolute Gasteiger partial charge is 0.497 e. The number of methoxy groups -OCH3 is 1. The Balaban J connectivity index is 1.97. The van der Waals surface area contributed by atoms with E-state index in [0.29, 0.717) is 23.6 Å². The van der Waals surface area contributed by atoms with Crippen LogP contribution in [0.4, 0.5) is 0 Å². The van der Waals surface area contributed by atoms with Crippen LogP contribution in [0.1, 0.15) is 47.5 Å². The summed E-state index contributed by atoms with van der Waals surface area (Å²) in [6.45, 7) is 4.75. The number of hydrogen-bond acceptors (Lipinski definition) is 5. The second-order valence-electron chi connectivity index (χ2n) is 6.94. The monoisotopic (exact) mass is 421 g/mol. The summed E-state index contributed by atoms with van der Waals surface area (Å²) in [6, 6.07) is 16.3. The third-order valence-electron chi connectivity index (χ3n) is 4.75. The van der Waals surface area contributed by atoms with Gasteiger partial charge in [0.1, 0.15) is 5.75 Å². The molecule has 31 heavy (non-hydrogen) atoms. The fourth-order valence-corrected chi connectivity index (χ4v) is 3.11. The average molecular weight is 421 g/mol. The molecule has 7 heteroatoms. The minimum Gasteiger partial charge on any atom is -0.497 e. The Morgan fingerprint density at radius 3 is 2.52 bits per heavy atom. The van der Waals surface area contributed by atoms with Crippen molar-refractivity contribution >= 4 is 11.9 Å². The predicted molar refractivity (Wildman–Crippen MR) is 119 cm³/mol. The minimum absolute atomic E-state index is 0.110. The Kier molecular flexibility index (Phi) is 7.43. The van der Waals surface area contributed by atoms with Crippen LogP contribution in [0.2, 0.25) is 0 Å². The van der Waals surface area contributed by atoms with Gasteiger partial charge in [0.15, 0.2) is 5.69 Å². The fraction of sp³-hybridized carbons (Fsp3) is 0.292. The highest BCUT2D eigenvalue weighted by Gasteiger charge is 2.18. The van der Waals surface area contributed by atoms with Crippen LogP contribution in [-0.2, 0) is 4.74 Å². The zero-order valence-corrected chi connectivity index (χ0v) is 18.1. The van der Waals surface area contributed by atoms with Crippen LogP contribution in [0, 0.1) is 0 Å². The predicted octanol–water partition coefficient (Wildman–Crippen LogP) is 4.25. The number of aromatic nitrogens is 2. The highest BCUT2D eigenvalue weighted by Crippen LogP contribution is 2.27. The number of unbranched alkanes of at least 4 members (excludes halogenated alkanes) is 1. The van der Waals surface area contributed by atoms with Crippen LogP contribution in [-0.4, -0.2) is 41.9 Å². The molecule has 1 amide bonds. The zero-order chi connectivity index (χ0) is 22.2. The molecule has 1 N–H and O–H groups in total. The van der Waals surface area contributed by atoms with Crippen LogP contribution < -0.4 is 10.1 Å². The molecule has 162 valence electrons. The van der Waals surface area contributed by atoms with E-state index in [0.717, 1.165) is 24.1 Å². The van der Waals surface area contributed by atoms with E-state index in [2.05, 4.69) is 17.3 Å². The molecule has 0 saturated carbocycles. The van der Waals surface area contributed by atoms with Crippen LogP contribution in [0.25, 0.3) is 16.9 Å². The average Bonchev–Trinajstić information content (AvgIpc) is 3.25. The molecule has 3 aromatic rings. The van der Waals surface area contributed by atoms with Gasteiger partial charge in [-0.1, -0.05) is 25.5 Å². The molecule has 0 aliphatic carbocycles. The van der Waals surface area contributed by atoms with Gasteiger partial charge in [-0.25, -0.2) is 9.48 Å². The highest BCUT2D eigenvalue weighted by molar-refractivity contribution is 5.94. The van der Waals surface area contributed by atoms with Gasteiger partial charge in [0.2, 0.25) is 0 Å². The van der Waals surface area contributed by atoms with Gasteiger partial charge in [-0.2, -0.15) is 5.10 Å². The number of hydrogen-bond donors (Lipinski definition) is 1. The van der Waals surface area contributed by atoms with Gasteiger partial charge in [0.25, 0.3) is 5.91 Å². The van der Waals surface area contributed by atoms with Gasteiger partial charge < -0.3 is 14.8 Å². The summed E-state index contributed by atoms with van der Waals surface area (Å²) in [6.07, 6.45) is 1.96. The van der Waals surface area contributed by atoms with Crippen molar-refractivity contribution in [1.29, 1.82) is 0 Å². The van der Waals surface area contributed by atoms with E-state index in [1.807, 2.05) is 24.3 Å². The van der Waals surface area contributed by atoms with E-state index >= 15 is 0 Å². The molecule has 0 spiro atoms. The van der Waals surface area contributed by atoms with Gasteiger partial charge in [0, 0.05) is 17.7 Å². The first-order valence-electron chi connectivity index (χ1n) is 10.4. The van der Waals surface area contributed by atoms with Crippen LogP contribution in [0.15, 0.2) is 54.6 Å². The van der Waals surface area contributed by atoms with Crippen LogP contribution in [0.5, 0.6) is 5.75 Å². The Morgan fingerprint density at radius 1 is 1.06 bits per heavy atom. The third kappa shape index (κ3) is 5.31. The summed E-state index contributed by atoms with van der Waals surface area (Å²) in [5.41, 5.74) is 3.05. The lowest BCUT2D eigenvalue weighted by atomic mass is 10.1. The maximum atomic E-state index is 12.3. The van der Waals surface area contributed by atoms with Crippen molar-refractivity contribution < 1.29 is 19.1 Å². The first kappa shape index (κ1) is 22.1. The second kappa shape index (κ2) is 10.4. The summed E-state index contributed by atoms with van der Waals surface area (Å²) < 4.78 is 12.1. The lowest BCUT2D eigenvalue weighted by molar-refractivity contribution is 0.0519. The number of carbonyl (C=O) groups excluding carboxylic acids is 2. The number of esters is 1. The van der Waals surface area contributed by atoms with Crippen molar-refractivity contribution in [2.75, 3.05) is 20.3 Å². The Labute approximate surface area is 182 Å². The smallest absolute Gasteiger partial charge is 0.358 e. The molecule has 0 atom stereocenters. The Bertz CT molecular complexity index is 1040. The number of carbonyl (C=O) groups is 2. The molecule has 2 aromatic carbocycles. The Morgan fingerprint density at radius 2 is 1.84 bits per heavy atom. The molecule has 0 unspecified atom stereocenters. The minimum atomic E-state index is -0.489. The van der Waals surface area contributed by atoms with Gasteiger partial charge in [-0.15, -0.1) is 0 Å². The molecule has 1 heterocycles. The van der Waals surface area contributed by atoms with Crippen molar-refractivity contribution in [3.05, 3.63) is 65.9 Å². The lowest BCUT2D eigenvalue weighted by Crippen LogP contribution is -2.24. The van der Waals surface area contributed by atoms with Crippen LogP contribution in [0.3, 0.4) is 0 Å². The summed E-state index contributed by atoms with van der Waals surface area (Å²) in [5.74, 6) is 0.0973. The molecule has 0 bridgehead atoms. The topological polar surface area (TPSA) is 82.5 Å². The van der Waals surface area contributed by atoms with E-state index in [1.165, 1.54) is 0 Å². The summed E-state index contributed by atoms with van der Waals surface area (Å²) in [4.78, 5) is 24.6. The van der Waals surface area contributed by atoms with Crippen molar-refractivity contribution in [3.63, 3.8) is 0 Å². The summed E-state index contributed by atoms with van der Waals surface area (Å²) in [7, 11) is 1.60. The fourth-order valence-electron chi connectivity index (χ4n) is 3.11. The highest BCUT2D eigenvalue weighted by atomic mass is 16.5. The molecule has 0 aliphatic rings.